The van der Waals surface area contributed by atoms with E-state index >= 15 is 0 Å². The Kier molecular flexibility index (Phi) is 6.98. The molecule has 0 atom stereocenters. The number of hydrogen-bond donors (Lipinski definition) is 1. The molecule has 2 nitrogen and oxygen atoms in total. The largest absolute Gasteiger partial charge is 0.314 e. The van der Waals surface area contributed by atoms with Crippen LogP contribution in [0.5, 0.6) is 0 Å². The quantitative estimate of drug-likeness (QED) is 0.409. The average molecular weight is 444 g/mol. The van der Waals surface area contributed by atoms with E-state index in [1.165, 1.54) is 16.8 Å². The standard InChI is InChI=1S/C12H18I2N2/c1-3-15-9-11-5-4-6-12(10(11)2)16(14)8-7-13/h4-6,15H,3,7-9H2,1-2H3. The molecule has 0 bridgehead atoms. The van der Waals surface area contributed by atoms with Crippen molar-refractivity contribution in [2.24, 2.45) is 0 Å². The lowest BCUT2D eigenvalue weighted by molar-refractivity contribution is 0.723. The first-order valence-corrected chi connectivity index (χ1v) is 7.98. The number of rotatable bonds is 6. The van der Waals surface area contributed by atoms with Crippen LogP contribution in [0.25, 0.3) is 0 Å². The third kappa shape index (κ3) is 4.03. The Morgan fingerprint density at radius 3 is 2.75 bits per heavy atom. The first kappa shape index (κ1) is 14.5. The van der Waals surface area contributed by atoms with Crippen LogP contribution < -0.4 is 8.43 Å². The fourth-order valence-corrected chi connectivity index (χ4v) is 3.75. The molecule has 0 aromatic heterocycles. The van der Waals surface area contributed by atoms with Gasteiger partial charge in [-0.05, 0) is 30.7 Å². The SMILES string of the molecule is CCNCc1cccc(N(I)CCI)c1C. The minimum atomic E-state index is 0.963. The van der Waals surface area contributed by atoms with Crippen LogP contribution in [-0.2, 0) is 6.54 Å². The summed E-state index contributed by atoms with van der Waals surface area (Å²) in [5.74, 6) is 0. The lowest BCUT2D eigenvalue weighted by Gasteiger charge is -2.20. The molecule has 0 radical (unpaired) electrons. The Morgan fingerprint density at radius 1 is 1.38 bits per heavy atom. The van der Waals surface area contributed by atoms with Crippen LogP contribution >= 0.6 is 45.5 Å². The highest BCUT2D eigenvalue weighted by Gasteiger charge is 2.08. The molecule has 1 aromatic carbocycles. The van der Waals surface area contributed by atoms with Gasteiger partial charge in [-0.15, -0.1) is 0 Å². The molecule has 16 heavy (non-hydrogen) atoms. The maximum Gasteiger partial charge on any atom is 0.0591 e. The molecular formula is C12H18I2N2. The van der Waals surface area contributed by atoms with Crippen LogP contribution in [0.4, 0.5) is 5.69 Å². The van der Waals surface area contributed by atoms with Crippen molar-refractivity contribution >= 4 is 51.1 Å². The zero-order valence-electron chi connectivity index (χ0n) is 9.76. The van der Waals surface area contributed by atoms with Crippen LogP contribution in [0, 0.1) is 6.92 Å². The summed E-state index contributed by atoms with van der Waals surface area (Å²) < 4.78 is 3.45. The third-order valence-corrected chi connectivity index (χ3v) is 4.01. The maximum absolute atomic E-state index is 3.38. The summed E-state index contributed by atoms with van der Waals surface area (Å²) in [5, 5.41) is 3.38. The van der Waals surface area contributed by atoms with Gasteiger partial charge in [0.15, 0.2) is 0 Å². The zero-order valence-corrected chi connectivity index (χ0v) is 14.1. The smallest absolute Gasteiger partial charge is 0.0591 e. The van der Waals surface area contributed by atoms with Crippen molar-refractivity contribution in [2.75, 3.05) is 20.6 Å². The molecule has 0 saturated carbocycles. The number of benzene rings is 1. The zero-order chi connectivity index (χ0) is 12.0. The monoisotopic (exact) mass is 444 g/mol. The van der Waals surface area contributed by atoms with Gasteiger partial charge in [0.05, 0.1) is 22.9 Å². The van der Waals surface area contributed by atoms with Gasteiger partial charge in [0.2, 0.25) is 0 Å². The Morgan fingerprint density at radius 2 is 2.12 bits per heavy atom. The average Bonchev–Trinajstić information content (AvgIpc) is 2.28. The maximum atomic E-state index is 3.38. The number of halogens is 2. The second kappa shape index (κ2) is 7.71. The Balaban J connectivity index is 2.85. The second-order valence-corrected chi connectivity index (χ2v) is 5.86. The van der Waals surface area contributed by atoms with Gasteiger partial charge in [-0.3, -0.25) is 0 Å². The minimum absolute atomic E-state index is 0.963. The Labute approximate surface area is 126 Å². The molecule has 90 valence electrons. The van der Waals surface area contributed by atoms with Gasteiger partial charge in [0.1, 0.15) is 0 Å². The van der Waals surface area contributed by atoms with Crippen LogP contribution in [0.2, 0.25) is 0 Å². The summed E-state index contributed by atoms with van der Waals surface area (Å²) in [4.78, 5) is 0. The molecule has 0 spiro atoms. The Bertz CT molecular complexity index is 329. The molecule has 0 saturated heterocycles. The Hall–Kier alpha value is 0.440. The van der Waals surface area contributed by atoms with E-state index in [1.807, 2.05) is 0 Å². The van der Waals surface area contributed by atoms with E-state index < -0.39 is 0 Å². The molecule has 0 aliphatic heterocycles. The van der Waals surface area contributed by atoms with Crippen molar-refractivity contribution in [3.8, 4) is 0 Å². The van der Waals surface area contributed by atoms with Crippen LogP contribution in [0.3, 0.4) is 0 Å². The molecule has 0 aliphatic rings. The van der Waals surface area contributed by atoms with Crippen molar-refractivity contribution in [2.45, 2.75) is 20.4 Å². The lowest BCUT2D eigenvalue weighted by Crippen LogP contribution is -2.16. The van der Waals surface area contributed by atoms with Gasteiger partial charge < -0.3 is 8.43 Å². The summed E-state index contributed by atoms with van der Waals surface area (Å²) in [6.45, 7) is 7.42. The predicted octanol–water partition coefficient (Wildman–Crippen LogP) is 3.70. The molecule has 0 fully saturated rings. The van der Waals surface area contributed by atoms with E-state index in [0.717, 1.165) is 24.1 Å². The first-order valence-electron chi connectivity index (χ1n) is 5.49. The van der Waals surface area contributed by atoms with Crippen molar-refractivity contribution in [3.63, 3.8) is 0 Å². The molecule has 0 aliphatic carbocycles. The van der Waals surface area contributed by atoms with Crippen molar-refractivity contribution in [1.82, 2.24) is 5.32 Å². The highest BCUT2D eigenvalue weighted by molar-refractivity contribution is 14.1. The number of nitrogens with zero attached hydrogens (tertiary/aromatic N) is 1. The molecule has 1 aromatic rings. The second-order valence-electron chi connectivity index (χ2n) is 3.62. The van der Waals surface area contributed by atoms with Crippen LogP contribution in [-0.4, -0.2) is 17.5 Å². The van der Waals surface area contributed by atoms with E-state index in [1.54, 1.807) is 0 Å². The lowest BCUT2D eigenvalue weighted by atomic mass is 10.1. The summed E-state index contributed by atoms with van der Waals surface area (Å²) >= 11 is 4.81. The van der Waals surface area contributed by atoms with E-state index in [0.29, 0.717) is 0 Å². The summed E-state index contributed by atoms with van der Waals surface area (Å²) in [5.41, 5.74) is 4.13. The van der Waals surface area contributed by atoms with Crippen molar-refractivity contribution < 1.29 is 0 Å². The molecule has 1 N–H and O–H groups in total. The fraction of sp³-hybridized carbons (Fsp3) is 0.500. The van der Waals surface area contributed by atoms with Gasteiger partial charge in [0, 0.05) is 23.2 Å². The van der Waals surface area contributed by atoms with Gasteiger partial charge in [-0.25, -0.2) is 0 Å². The predicted molar refractivity (Wildman–Crippen MR) is 88.8 cm³/mol. The van der Waals surface area contributed by atoms with Crippen LogP contribution in [0.15, 0.2) is 18.2 Å². The molecule has 0 amide bonds. The van der Waals surface area contributed by atoms with Crippen LogP contribution in [0.1, 0.15) is 18.1 Å². The highest BCUT2D eigenvalue weighted by Crippen LogP contribution is 2.25. The number of hydrogen-bond acceptors (Lipinski definition) is 2. The molecule has 1 rings (SSSR count). The highest BCUT2D eigenvalue weighted by atomic mass is 127. The fourth-order valence-electron chi connectivity index (χ4n) is 1.58. The van der Waals surface area contributed by atoms with Gasteiger partial charge in [0.25, 0.3) is 0 Å². The molecule has 0 unspecified atom stereocenters. The summed E-state index contributed by atoms with van der Waals surface area (Å²) in [6, 6.07) is 6.55. The van der Waals surface area contributed by atoms with Gasteiger partial charge in [-0.2, -0.15) is 0 Å². The van der Waals surface area contributed by atoms with Crippen molar-refractivity contribution in [1.29, 1.82) is 0 Å². The molecule has 4 heteroatoms. The van der Waals surface area contributed by atoms with Gasteiger partial charge in [-0.1, -0.05) is 41.6 Å². The van der Waals surface area contributed by atoms with Gasteiger partial charge >= 0.3 is 0 Å². The van der Waals surface area contributed by atoms with E-state index in [-0.39, 0.29) is 0 Å². The first-order chi connectivity index (χ1) is 7.70. The van der Waals surface area contributed by atoms with E-state index in [2.05, 4.69) is 85.9 Å². The molecular weight excluding hydrogens is 426 g/mol. The summed E-state index contributed by atoms with van der Waals surface area (Å²) in [7, 11) is 0. The number of anilines is 1. The number of alkyl halides is 1. The topological polar surface area (TPSA) is 15.3 Å². The third-order valence-electron chi connectivity index (χ3n) is 2.53. The molecule has 0 heterocycles. The van der Waals surface area contributed by atoms with E-state index in [9.17, 15) is 0 Å². The summed E-state index contributed by atoms with van der Waals surface area (Å²) in [6.07, 6.45) is 0. The minimum Gasteiger partial charge on any atom is -0.314 e. The van der Waals surface area contributed by atoms with Crippen molar-refractivity contribution in [3.05, 3.63) is 29.3 Å². The van der Waals surface area contributed by atoms with E-state index in [4.69, 9.17) is 0 Å². The number of nitrogens with one attached hydrogen (secondary N) is 1. The normalized spacial score (nSPS) is 10.5.